The van der Waals surface area contributed by atoms with E-state index in [1.807, 2.05) is 85.8 Å². The van der Waals surface area contributed by atoms with Crippen LogP contribution in [0.5, 0.6) is 5.75 Å². The number of rotatable bonds is 8. The first kappa shape index (κ1) is 24.5. The summed E-state index contributed by atoms with van der Waals surface area (Å²) in [4.78, 5) is 43.0. The van der Waals surface area contributed by atoms with E-state index in [0.29, 0.717) is 5.75 Å². The van der Waals surface area contributed by atoms with Gasteiger partial charge in [0.1, 0.15) is 11.6 Å². The first-order chi connectivity index (χ1) is 17.3. The maximum Gasteiger partial charge on any atom is 0.330 e. The summed E-state index contributed by atoms with van der Waals surface area (Å²) < 4.78 is 7.17. The molecule has 3 N–H and O–H groups in total. The predicted molar refractivity (Wildman–Crippen MR) is 140 cm³/mol. The molecule has 0 aliphatic rings. The highest BCUT2D eigenvalue weighted by atomic mass is 16.5. The summed E-state index contributed by atoms with van der Waals surface area (Å²) in [7, 11) is 0. The van der Waals surface area contributed by atoms with Crippen LogP contribution < -0.4 is 26.6 Å². The lowest BCUT2D eigenvalue weighted by Crippen LogP contribution is -2.45. The van der Waals surface area contributed by atoms with Crippen LogP contribution in [-0.2, 0) is 17.9 Å². The third-order valence-electron chi connectivity index (χ3n) is 5.77. The van der Waals surface area contributed by atoms with Crippen molar-refractivity contribution in [2.45, 2.75) is 33.0 Å². The molecule has 184 valence electrons. The maximum atomic E-state index is 13.7. The molecule has 0 aliphatic heterocycles. The number of amides is 1. The van der Waals surface area contributed by atoms with E-state index in [4.69, 9.17) is 10.5 Å². The molecule has 3 aromatic carbocycles. The SMILES string of the molecule is Cc1cccc(OC(C)C(=O)N(Cc2ccccc2)c2c(N)n(Cc3ccccc3)c(=O)[nH]c2=O)c1. The summed E-state index contributed by atoms with van der Waals surface area (Å²) in [5.41, 5.74) is 7.51. The van der Waals surface area contributed by atoms with Gasteiger partial charge in [-0.15, -0.1) is 0 Å². The lowest BCUT2D eigenvalue weighted by Gasteiger charge is -2.27. The second-order valence-electron chi connectivity index (χ2n) is 8.55. The number of nitrogens with one attached hydrogen (secondary N) is 1. The van der Waals surface area contributed by atoms with Crippen LogP contribution in [0.15, 0.2) is 94.5 Å². The number of hydrogen-bond acceptors (Lipinski definition) is 5. The zero-order valence-electron chi connectivity index (χ0n) is 20.2. The van der Waals surface area contributed by atoms with E-state index >= 15 is 0 Å². The van der Waals surface area contributed by atoms with E-state index in [1.54, 1.807) is 13.0 Å². The van der Waals surface area contributed by atoms with Crippen molar-refractivity contribution in [2.75, 3.05) is 10.6 Å². The smallest absolute Gasteiger partial charge is 0.330 e. The van der Waals surface area contributed by atoms with Crippen LogP contribution in [0.3, 0.4) is 0 Å². The number of anilines is 2. The molecule has 4 aromatic rings. The fraction of sp³-hybridized carbons (Fsp3) is 0.179. The summed E-state index contributed by atoms with van der Waals surface area (Å²) in [6, 6.07) is 25.8. The monoisotopic (exact) mass is 484 g/mol. The van der Waals surface area contributed by atoms with Crippen molar-refractivity contribution >= 4 is 17.4 Å². The maximum absolute atomic E-state index is 13.7. The van der Waals surface area contributed by atoms with Gasteiger partial charge in [-0.2, -0.15) is 0 Å². The van der Waals surface area contributed by atoms with Crippen molar-refractivity contribution < 1.29 is 9.53 Å². The number of nitrogen functional groups attached to an aromatic ring is 1. The molecule has 1 heterocycles. The molecule has 4 rings (SSSR count). The van der Waals surface area contributed by atoms with Gasteiger partial charge >= 0.3 is 5.69 Å². The normalized spacial score (nSPS) is 11.6. The van der Waals surface area contributed by atoms with Gasteiger partial charge in [-0.3, -0.25) is 24.0 Å². The molecule has 1 atom stereocenters. The van der Waals surface area contributed by atoms with E-state index in [0.717, 1.165) is 16.7 Å². The molecule has 8 nitrogen and oxygen atoms in total. The number of aryl methyl sites for hydroxylation is 1. The quantitative estimate of drug-likeness (QED) is 0.398. The van der Waals surface area contributed by atoms with Crippen molar-refractivity contribution in [1.82, 2.24) is 9.55 Å². The zero-order valence-corrected chi connectivity index (χ0v) is 20.2. The Morgan fingerprint density at radius 2 is 1.61 bits per heavy atom. The number of aromatic nitrogens is 2. The van der Waals surface area contributed by atoms with Crippen LogP contribution in [0.2, 0.25) is 0 Å². The summed E-state index contributed by atoms with van der Waals surface area (Å²) in [5.74, 6) is -0.0338. The van der Waals surface area contributed by atoms with Gasteiger partial charge in [0.05, 0.1) is 13.1 Å². The van der Waals surface area contributed by atoms with E-state index in [2.05, 4.69) is 4.98 Å². The van der Waals surface area contributed by atoms with Crippen molar-refractivity contribution in [1.29, 1.82) is 0 Å². The minimum Gasteiger partial charge on any atom is -0.481 e. The van der Waals surface area contributed by atoms with Crippen LogP contribution in [0, 0.1) is 6.92 Å². The van der Waals surface area contributed by atoms with Crippen LogP contribution in [0.1, 0.15) is 23.6 Å². The highest BCUT2D eigenvalue weighted by Gasteiger charge is 2.29. The number of ether oxygens (including phenoxy) is 1. The number of hydrogen-bond donors (Lipinski definition) is 2. The Labute approximate surface area is 208 Å². The molecule has 1 unspecified atom stereocenters. The van der Waals surface area contributed by atoms with Crippen molar-refractivity contribution in [3.63, 3.8) is 0 Å². The molecule has 0 bridgehead atoms. The lowest BCUT2D eigenvalue weighted by atomic mass is 10.2. The number of benzene rings is 3. The largest absolute Gasteiger partial charge is 0.481 e. The Kier molecular flexibility index (Phi) is 7.34. The van der Waals surface area contributed by atoms with Gasteiger partial charge in [-0.1, -0.05) is 72.8 Å². The number of H-pyrrole nitrogens is 1. The van der Waals surface area contributed by atoms with Gasteiger partial charge in [0.15, 0.2) is 11.8 Å². The highest BCUT2D eigenvalue weighted by Crippen LogP contribution is 2.23. The fourth-order valence-corrected chi connectivity index (χ4v) is 3.96. The number of nitrogens with zero attached hydrogens (tertiary/aromatic N) is 2. The number of carbonyl (C=O) groups is 1. The predicted octanol–water partition coefficient (Wildman–Crippen LogP) is 3.48. The molecule has 1 amide bonds. The molecule has 0 fully saturated rings. The minimum absolute atomic E-state index is 0.0675. The highest BCUT2D eigenvalue weighted by molar-refractivity contribution is 5.98. The van der Waals surface area contributed by atoms with Gasteiger partial charge in [-0.25, -0.2) is 4.79 Å². The molecule has 0 aliphatic carbocycles. The average molecular weight is 485 g/mol. The van der Waals surface area contributed by atoms with Crippen molar-refractivity contribution in [3.05, 3.63) is 122 Å². The van der Waals surface area contributed by atoms with Crippen LogP contribution in [-0.4, -0.2) is 21.6 Å². The topological polar surface area (TPSA) is 110 Å². The standard InChI is InChI=1S/C28H28N4O4/c1-19-10-9-15-23(16-19)36-20(2)27(34)31(17-21-11-5-3-6-12-21)24-25(29)32(28(35)30-26(24)33)18-22-13-7-4-8-14-22/h3-16,20H,17-18,29H2,1-2H3,(H,30,33,35). The van der Waals surface area contributed by atoms with Crippen molar-refractivity contribution in [2.24, 2.45) is 0 Å². The minimum atomic E-state index is -0.927. The van der Waals surface area contributed by atoms with Gasteiger partial charge in [0.2, 0.25) is 0 Å². The fourth-order valence-electron chi connectivity index (χ4n) is 3.96. The molecule has 0 spiro atoms. The molecule has 0 radical (unpaired) electrons. The molecular formula is C28H28N4O4. The van der Waals surface area contributed by atoms with Crippen LogP contribution in [0.4, 0.5) is 11.5 Å². The number of aromatic amines is 1. The lowest BCUT2D eigenvalue weighted by molar-refractivity contribution is -0.124. The molecule has 36 heavy (non-hydrogen) atoms. The van der Waals surface area contributed by atoms with E-state index in [1.165, 1.54) is 9.47 Å². The van der Waals surface area contributed by atoms with Crippen LogP contribution >= 0.6 is 0 Å². The first-order valence-corrected chi connectivity index (χ1v) is 11.6. The third-order valence-corrected chi connectivity index (χ3v) is 5.77. The average Bonchev–Trinajstić information content (AvgIpc) is 2.86. The van der Waals surface area contributed by atoms with E-state index in [9.17, 15) is 14.4 Å². The number of carbonyl (C=O) groups excluding carboxylic acids is 1. The summed E-state index contributed by atoms with van der Waals surface area (Å²) >= 11 is 0. The number of nitrogens with two attached hydrogens (primary N) is 1. The Balaban J connectivity index is 1.76. The van der Waals surface area contributed by atoms with Crippen molar-refractivity contribution in [3.8, 4) is 5.75 Å². The first-order valence-electron chi connectivity index (χ1n) is 11.6. The Hall–Kier alpha value is -4.59. The van der Waals surface area contributed by atoms with Gasteiger partial charge in [0.25, 0.3) is 11.5 Å². The van der Waals surface area contributed by atoms with Gasteiger partial charge in [0, 0.05) is 0 Å². The zero-order chi connectivity index (χ0) is 25.7. The molecule has 0 saturated heterocycles. The summed E-state index contributed by atoms with van der Waals surface area (Å²) in [5, 5.41) is 0. The molecular weight excluding hydrogens is 456 g/mol. The Morgan fingerprint density at radius 3 is 2.25 bits per heavy atom. The third kappa shape index (κ3) is 5.55. The summed E-state index contributed by atoms with van der Waals surface area (Å²) in [6.07, 6.45) is -0.927. The molecule has 8 heteroatoms. The second kappa shape index (κ2) is 10.8. The van der Waals surface area contributed by atoms with Gasteiger partial charge < -0.3 is 10.5 Å². The second-order valence-corrected chi connectivity index (χ2v) is 8.55. The Morgan fingerprint density at radius 1 is 0.972 bits per heavy atom. The molecule has 1 aromatic heterocycles. The summed E-state index contributed by atoms with van der Waals surface area (Å²) in [6.45, 7) is 3.75. The Bertz CT molecular complexity index is 1460. The van der Waals surface area contributed by atoms with E-state index < -0.39 is 23.3 Å². The van der Waals surface area contributed by atoms with Gasteiger partial charge in [-0.05, 0) is 42.7 Å². The van der Waals surface area contributed by atoms with Crippen LogP contribution in [0.25, 0.3) is 0 Å². The molecule has 0 saturated carbocycles. The van der Waals surface area contributed by atoms with E-state index in [-0.39, 0.29) is 24.6 Å².